The molecule has 2 aromatic rings. The fraction of sp³-hybridized carbons (Fsp3) is 0.680. The van der Waals surface area contributed by atoms with Crippen LogP contribution in [0.1, 0.15) is 61.0 Å². The van der Waals surface area contributed by atoms with Crippen LogP contribution in [0.25, 0.3) is 0 Å². The summed E-state index contributed by atoms with van der Waals surface area (Å²) in [6.07, 6.45) is 11.0. The second-order valence-electron chi connectivity index (χ2n) is 9.94. The number of alkyl halides is 2. The van der Waals surface area contributed by atoms with Crippen LogP contribution >= 0.6 is 11.3 Å². The Morgan fingerprint density at radius 2 is 1.91 bits per heavy atom. The number of aryl methyl sites for hydroxylation is 1. The molecule has 1 aliphatic carbocycles. The lowest BCUT2D eigenvalue weighted by atomic mass is 9.84. The van der Waals surface area contributed by atoms with E-state index in [2.05, 4.69) is 25.2 Å². The number of aromatic nitrogens is 3. The van der Waals surface area contributed by atoms with Crippen molar-refractivity contribution in [3.63, 3.8) is 0 Å². The van der Waals surface area contributed by atoms with Crippen LogP contribution in [0.3, 0.4) is 0 Å². The summed E-state index contributed by atoms with van der Waals surface area (Å²) < 4.78 is 31.3. The molecule has 192 valence electrons. The molecule has 7 nitrogen and oxygen atoms in total. The van der Waals surface area contributed by atoms with Gasteiger partial charge in [0.25, 0.3) is 11.1 Å². The Kier molecular flexibility index (Phi) is 8.64. The van der Waals surface area contributed by atoms with Crippen molar-refractivity contribution >= 4 is 17.2 Å². The second kappa shape index (κ2) is 11.7. The molecule has 0 aromatic carbocycles. The topological polar surface area (TPSA) is 80.2 Å². The Labute approximate surface area is 209 Å². The fourth-order valence-electron chi connectivity index (χ4n) is 4.79. The monoisotopic (exact) mass is 507 g/mol. The van der Waals surface area contributed by atoms with Crippen LogP contribution in [0.2, 0.25) is 0 Å². The molecule has 0 saturated heterocycles. The molecule has 35 heavy (non-hydrogen) atoms. The quantitative estimate of drug-likeness (QED) is 0.553. The van der Waals surface area contributed by atoms with Gasteiger partial charge < -0.3 is 15.0 Å². The molecule has 0 bridgehead atoms. The lowest BCUT2D eigenvalue weighted by molar-refractivity contribution is -0.121. The summed E-state index contributed by atoms with van der Waals surface area (Å²) in [4.78, 5) is 28.8. The maximum Gasteiger partial charge on any atom is 0.278 e. The number of fused-ring (bicyclic) bond motifs is 1. The van der Waals surface area contributed by atoms with E-state index in [9.17, 15) is 13.6 Å². The predicted octanol–water partition coefficient (Wildman–Crippen LogP) is 3.98. The minimum atomic E-state index is -2.85. The first kappa shape index (κ1) is 25.9. The fourth-order valence-corrected chi connectivity index (χ4v) is 5.74. The Morgan fingerprint density at radius 3 is 2.63 bits per heavy atom. The molecule has 0 spiro atoms. The van der Waals surface area contributed by atoms with Crippen molar-refractivity contribution in [2.45, 2.75) is 77.2 Å². The summed E-state index contributed by atoms with van der Waals surface area (Å²) in [5, 5.41) is 3.54. The van der Waals surface area contributed by atoms with Crippen molar-refractivity contribution in [3.05, 3.63) is 34.4 Å². The largest absolute Gasteiger partial charge is 0.464 e. The molecule has 0 unspecified atom stereocenters. The summed E-state index contributed by atoms with van der Waals surface area (Å²) in [5.74, 6) is -1.40. The summed E-state index contributed by atoms with van der Waals surface area (Å²) >= 11 is 1.41. The number of ether oxygens (including phenoxy) is 1. The van der Waals surface area contributed by atoms with Crippen LogP contribution in [0, 0.1) is 12.8 Å². The van der Waals surface area contributed by atoms with Crippen LogP contribution in [0.5, 0.6) is 5.19 Å². The van der Waals surface area contributed by atoms with Gasteiger partial charge in [0.05, 0.1) is 12.1 Å². The number of hydrogen-bond acceptors (Lipinski definition) is 7. The molecule has 0 radical (unpaired) electrons. The third-order valence-corrected chi connectivity index (χ3v) is 7.86. The molecule has 10 heteroatoms. The maximum absolute atomic E-state index is 13.0. The number of amides is 1. The molecule has 4 rings (SSSR count). The number of carbonyl (C=O) groups excluding carboxylic acids is 1. The number of nitrogens with one attached hydrogen (secondary N) is 1. The van der Waals surface area contributed by atoms with Crippen molar-refractivity contribution < 1.29 is 18.3 Å². The lowest BCUT2D eigenvalue weighted by Gasteiger charge is -2.30. The van der Waals surface area contributed by atoms with Gasteiger partial charge in [-0.25, -0.2) is 23.7 Å². The van der Waals surface area contributed by atoms with Crippen molar-refractivity contribution in [2.24, 2.45) is 5.92 Å². The van der Waals surface area contributed by atoms with Gasteiger partial charge in [-0.1, -0.05) is 11.3 Å². The van der Waals surface area contributed by atoms with Crippen molar-refractivity contribution in [1.29, 1.82) is 0 Å². The Morgan fingerprint density at radius 1 is 1.20 bits per heavy atom. The number of hydrogen-bond donors (Lipinski definition) is 1. The van der Waals surface area contributed by atoms with E-state index in [0.717, 1.165) is 81.2 Å². The Bertz CT molecular complexity index is 946. The average Bonchev–Trinajstić information content (AvgIpc) is 3.11. The van der Waals surface area contributed by atoms with E-state index in [1.54, 1.807) is 12.4 Å². The van der Waals surface area contributed by atoms with Gasteiger partial charge >= 0.3 is 0 Å². The number of halogens is 2. The van der Waals surface area contributed by atoms with Crippen LogP contribution in [-0.2, 0) is 24.1 Å². The van der Waals surface area contributed by atoms with E-state index in [4.69, 9.17) is 4.74 Å². The molecule has 1 fully saturated rings. The molecule has 1 N–H and O–H groups in total. The molecule has 2 aromatic heterocycles. The Hall–Kier alpha value is -2.20. The first-order valence-electron chi connectivity index (χ1n) is 12.5. The van der Waals surface area contributed by atoms with Crippen LogP contribution in [0.15, 0.2) is 12.4 Å². The lowest BCUT2D eigenvalue weighted by Crippen LogP contribution is -2.39. The third-order valence-electron chi connectivity index (χ3n) is 6.79. The normalized spacial score (nSPS) is 21.3. The first-order chi connectivity index (χ1) is 16.7. The van der Waals surface area contributed by atoms with Crippen LogP contribution < -0.4 is 10.1 Å². The number of rotatable bonds is 9. The number of carbonyl (C=O) groups is 1. The summed E-state index contributed by atoms with van der Waals surface area (Å²) in [5.41, 5.74) is 1.84. The molecule has 1 aliphatic heterocycles. The molecule has 0 atom stereocenters. The highest BCUT2D eigenvalue weighted by atomic mass is 32.1. The van der Waals surface area contributed by atoms with Gasteiger partial charge in [0.1, 0.15) is 5.82 Å². The molecule has 3 heterocycles. The summed E-state index contributed by atoms with van der Waals surface area (Å²) in [6.45, 7) is 5.03. The number of nitrogens with zero attached hydrogens (tertiary/aromatic N) is 4. The van der Waals surface area contributed by atoms with Gasteiger partial charge in [-0.3, -0.25) is 4.79 Å². The van der Waals surface area contributed by atoms with E-state index in [1.165, 1.54) is 17.8 Å². The van der Waals surface area contributed by atoms with E-state index >= 15 is 0 Å². The molecular weight excluding hydrogens is 472 g/mol. The first-order valence-corrected chi connectivity index (χ1v) is 13.3. The van der Waals surface area contributed by atoms with Gasteiger partial charge in [0.2, 0.25) is 5.91 Å². The Balaban J connectivity index is 1.13. The van der Waals surface area contributed by atoms with Gasteiger partial charge in [0.15, 0.2) is 6.61 Å². The zero-order chi connectivity index (χ0) is 24.8. The smallest absolute Gasteiger partial charge is 0.278 e. The molecule has 1 saturated carbocycles. The van der Waals surface area contributed by atoms with E-state index in [1.807, 2.05) is 6.92 Å². The minimum Gasteiger partial charge on any atom is -0.464 e. The van der Waals surface area contributed by atoms with E-state index in [-0.39, 0.29) is 11.9 Å². The van der Waals surface area contributed by atoms with Crippen molar-refractivity contribution in [3.8, 4) is 5.19 Å². The van der Waals surface area contributed by atoms with Gasteiger partial charge in [-0.15, -0.1) is 0 Å². The highest BCUT2D eigenvalue weighted by Crippen LogP contribution is 2.30. The third kappa shape index (κ3) is 8.17. The summed E-state index contributed by atoms with van der Waals surface area (Å²) in [7, 11) is 0. The highest BCUT2D eigenvalue weighted by molar-refractivity contribution is 7.13. The molecule has 1 amide bonds. The second-order valence-corrected chi connectivity index (χ2v) is 11.0. The zero-order valence-corrected chi connectivity index (χ0v) is 21.4. The average molecular weight is 508 g/mol. The number of thiazole rings is 1. The zero-order valence-electron chi connectivity index (χ0n) is 20.6. The van der Waals surface area contributed by atoms with Gasteiger partial charge in [-0.05, 0) is 63.5 Å². The van der Waals surface area contributed by atoms with Crippen LogP contribution in [-0.4, -0.2) is 64.0 Å². The summed E-state index contributed by atoms with van der Waals surface area (Å²) in [6, 6.07) is 0.259. The van der Waals surface area contributed by atoms with Crippen molar-refractivity contribution in [2.75, 3.05) is 26.2 Å². The maximum atomic E-state index is 13.0. The van der Waals surface area contributed by atoms with E-state index in [0.29, 0.717) is 23.4 Å². The minimum absolute atomic E-state index is 0.0449. The molecule has 2 aliphatic rings. The standard InChI is InChI=1S/C25H35F2N5O2S/c1-17-28-14-19(15-29-17)13-23(33)30-20-5-3-18(4-6-20)7-10-32-11-8-21-22(9-12-32)35-24(31-21)34-16-25(2,26)27/h14-15,18,20H,3-13,16H2,1-2H3,(H,30,33)/t18-,20-. The van der Waals surface area contributed by atoms with Crippen molar-refractivity contribution in [1.82, 2.24) is 25.2 Å². The van der Waals surface area contributed by atoms with Crippen LogP contribution in [0.4, 0.5) is 8.78 Å². The molecular formula is C25H35F2N5O2S. The SMILES string of the molecule is Cc1ncc(CC(=O)N[C@H]2CC[C@H](CCN3CCc4nc(OCC(C)(F)F)sc4CC3)CC2)cn1. The highest BCUT2D eigenvalue weighted by Gasteiger charge is 2.26. The predicted molar refractivity (Wildman–Crippen MR) is 131 cm³/mol. The van der Waals surface area contributed by atoms with Gasteiger partial charge in [-0.2, -0.15) is 0 Å². The van der Waals surface area contributed by atoms with Gasteiger partial charge in [0, 0.05) is 49.7 Å². The van der Waals surface area contributed by atoms with E-state index < -0.39 is 12.5 Å².